The molecule has 1 aliphatic rings. The molecule has 0 radical (unpaired) electrons. The van der Waals surface area contributed by atoms with Crippen LogP contribution in [0.25, 0.3) is 21.2 Å². The number of rotatable bonds is 3. The number of hydrogen-bond donors (Lipinski definition) is 1. The summed E-state index contributed by atoms with van der Waals surface area (Å²) in [5, 5.41) is 3.87. The van der Waals surface area contributed by atoms with Crippen LogP contribution in [-0.2, 0) is 0 Å². The molecule has 0 bridgehead atoms. The van der Waals surface area contributed by atoms with Gasteiger partial charge in [0, 0.05) is 10.1 Å². The van der Waals surface area contributed by atoms with E-state index in [-0.39, 0.29) is 18.0 Å². The lowest BCUT2D eigenvalue weighted by molar-refractivity contribution is 0.0997. The van der Waals surface area contributed by atoms with E-state index in [1.165, 1.54) is 17.6 Å². The molecule has 2 aromatic heterocycles. The molecule has 1 aliphatic heterocycles. The van der Waals surface area contributed by atoms with Gasteiger partial charge in [-0.1, -0.05) is 18.2 Å². The predicted octanol–water partition coefficient (Wildman–Crippen LogP) is 4.50. The molecular weight excluding hydrogens is 378 g/mol. The number of fused-ring (bicyclic) bond motifs is 2. The van der Waals surface area contributed by atoms with Gasteiger partial charge in [0.2, 0.25) is 6.79 Å². The molecule has 0 saturated heterocycles. The number of carbonyl (C=O) groups is 1. The SMILES string of the molecule is O=C(Nc1sc2ccccc2c(=O)c1-c1ccc2c(c1)OCO2)c1ccco1. The highest BCUT2D eigenvalue weighted by atomic mass is 32.1. The lowest BCUT2D eigenvalue weighted by atomic mass is 10.0. The first-order valence-corrected chi connectivity index (χ1v) is 9.33. The van der Waals surface area contributed by atoms with Crippen LogP contribution in [0.1, 0.15) is 10.6 Å². The van der Waals surface area contributed by atoms with Crippen molar-refractivity contribution in [3.63, 3.8) is 0 Å². The smallest absolute Gasteiger partial charge is 0.291 e. The molecule has 0 saturated carbocycles. The Morgan fingerprint density at radius 2 is 1.86 bits per heavy atom. The van der Waals surface area contributed by atoms with Crippen molar-refractivity contribution in [3.05, 3.63) is 76.8 Å². The maximum atomic E-state index is 13.3. The summed E-state index contributed by atoms with van der Waals surface area (Å²) in [4.78, 5) is 25.8. The van der Waals surface area contributed by atoms with Gasteiger partial charge in [-0.2, -0.15) is 0 Å². The molecule has 0 atom stereocenters. The van der Waals surface area contributed by atoms with Crippen LogP contribution in [0.15, 0.2) is 70.1 Å². The molecule has 3 heterocycles. The first-order valence-electron chi connectivity index (χ1n) is 8.51. The van der Waals surface area contributed by atoms with E-state index in [0.29, 0.717) is 33.0 Å². The fraction of sp³-hybridized carbons (Fsp3) is 0.0476. The minimum Gasteiger partial charge on any atom is -0.459 e. The number of nitrogens with one attached hydrogen (secondary N) is 1. The monoisotopic (exact) mass is 391 g/mol. The lowest BCUT2D eigenvalue weighted by Crippen LogP contribution is -2.15. The van der Waals surface area contributed by atoms with Gasteiger partial charge in [0.25, 0.3) is 5.91 Å². The Bertz CT molecular complexity index is 1260. The van der Waals surface area contributed by atoms with E-state index < -0.39 is 5.91 Å². The van der Waals surface area contributed by atoms with Crippen molar-refractivity contribution in [1.29, 1.82) is 0 Å². The van der Waals surface area contributed by atoms with E-state index in [1.54, 1.807) is 36.4 Å². The lowest BCUT2D eigenvalue weighted by Gasteiger charge is -2.11. The van der Waals surface area contributed by atoms with Gasteiger partial charge in [-0.3, -0.25) is 9.59 Å². The molecule has 1 N–H and O–H groups in total. The highest BCUT2D eigenvalue weighted by molar-refractivity contribution is 7.22. The average Bonchev–Trinajstić information content (AvgIpc) is 3.40. The number of ether oxygens (including phenoxy) is 2. The molecular formula is C21H13NO5S. The molecule has 0 unspecified atom stereocenters. The fourth-order valence-corrected chi connectivity index (χ4v) is 4.21. The first-order chi connectivity index (χ1) is 13.7. The first kappa shape index (κ1) is 16.6. The van der Waals surface area contributed by atoms with E-state index in [9.17, 15) is 9.59 Å². The van der Waals surface area contributed by atoms with Crippen LogP contribution in [0.3, 0.4) is 0 Å². The van der Waals surface area contributed by atoms with Gasteiger partial charge >= 0.3 is 0 Å². The van der Waals surface area contributed by atoms with Gasteiger partial charge in [0.15, 0.2) is 22.7 Å². The summed E-state index contributed by atoms with van der Waals surface area (Å²) >= 11 is 1.34. The molecule has 2 aromatic carbocycles. The molecule has 0 spiro atoms. The molecule has 0 fully saturated rings. The maximum Gasteiger partial charge on any atom is 0.291 e. The Hall–Kier alpha value is -3.58. The maximum absolute atomic E-state index is 13.3. The van der Waals surface area contributed by atoms with Crippen molar-refractivity contribution in [1.82, 2.24) is 0 Å². The summed E-state index contributed by atoms with van der Waals surface area (Å²) < 4.78 is 16.8. The standard InChI is InChI=1S/C21H13NO5S/c23-19-13-4-1-2-6-17(13)28-21(22-20(24)15-5-3-9-25-15)18(19)12-7-8-14-16(10-12)27-11-26-14/h1-10H,11H2,(H,22,24). The van der Waals surface area contributed by atoms with Crippen molar-refractivity contribution in [3.8, 4) is 22.6 Å². The Kier molecular flexibility index (Phi) is 3.87. The molecule has 5 rings (SSSR count). The molecule has 28 heavy (non-hydrogen) atoms. The largest absolute Gasteiger partial charge is 0.459 e. The van der Waals surface area contributed by atoms with Crippen LogP contribution in [0.5, 0.6) is 11.5 Å². The number of furan rings is 1. The van der Waals surface area contributed by atoms with Gasteiger partial charge in [-0.05, 0) is 42.0 Å². The summed E-state index contributed by atoms with van der Waals surface area (Å²) in [6.07, 6.45) is 1.43. The normalized spacial score (nSPS) is 12.3. The van der Waals surface area contributed by atoms with Crippen molar-refractivity contribution in [2.24, 2.45) is 0 Å². The third-order valence-electron chi connectivity index (χ3n) is 4.43. The highest BCUT2D eigenvalue weighted by Crippen LogP contribution is 2.39. The van der Waals surface area contributed by atoms with Crippen LogP contribution in [0.2, 0.25) is 0 Å². The van der Waals surface area contributed by atoms with E-state index in [2.05, 4.69) is 5.32 Å². The number of carbonyl (C=O) groups excluding carboxylic acids is 1. The second-order valence-electron chi connectivity index (χ2n) is 6.13. The van der Waals surface area contributed by atoms with Gasteiger partial charge in [-0.25, -0.2) is 0 Å². The summed E-state index contributed by atoms with van der Waals surface area (Å²) in [6.45, 7) is 0.144. The number of benzene rings is 2. The summed E-state index contributed by atoms with van der Waals surface area (Å²) in [5.74, 6) is 0.947. The number of amides is 1. The second kappa shape index (κ2) is 6.54. The van der Waals surface area contributed by atoms with Crippen molar-refractivity contribution in [2.45, 2.75) is 0 Å². The predicted molar refractivity (Wildman–Crippen MR) is 106 cm³/mol. The average molecular weight is 391 g/mol. The molecule has 1 amide bonds. The van der Waals surface area contributed by atoms with E-state index >= 15 is 0 Å². The second-order valence-corrected chi connectivity index (χ2v) is 7.18. The zero-order chi connectivity index (χ0) is 19.1. The van der Waals surface area contributed by atoms with E-state index in [4.69, 9.17) is 13.9 Å². The van der Waals surface area contributed by atoms with Gasteiger partial charge < -0.3 is 19.2 Å². The van der Waals surface area contributed by atoms with Crippen LogP contribution in [0.4, 0.5) is 5.00 Å². The summed E-state index contributed by atoms with van der Waals surface area (Å²) in [5.41, 5.74) is 0.885. The summed E-state index contributed by atoms with van der Waals surface area (Å²) in [7, 11) is 0. The van der Waals surface area contributed by atoms with Gasteiger partial charge in [0.1, 0.15) is 5.00 Å². The van der Waals surface area contributed by atoms with Crippen LogP contribution >= 0.6 is 11.3 Å². The Labute approximate surface area is 162 Å². The van der Waals surface area contributed by atoms with Crippen molar-refractivity contribution < 1.29 is 18.7 Å². The van der Waals surface area contributed by atoms with Crippen molar-refractivity contribution in [2.75, 3.05) is 12.1 Å². The number of hydrogen-bond acceptors (Lipinski definition) is 6. The van der Waals surface area contributed by atoms with Crippen LogP contribution in [-0.4, -0.2) is 12.7 Å². The minimum atomic E-state index is -0.419. The Morgan fingerprint density at radius 1 is 1.00 bits per heavy atom. The molecule has 4 aromatic rings. The van der Waals surface area contributed by atoms with Crippen molar-refractivity contribution >= 4 is 32.3 Å². The van der Waals surface area contributed by atoms with Gasteiger partial charge in [0.05, 0.1) is 11.8 Å². The number of anilines is 1. The molecule has 6 nitrogen and oxygen atoms in total. The summed E-state index contributed by atoms with van der Waals surface area (Å²) in [6, 6.07) is 15.8. The molecule has 138 valence electrons. The van der Waals surface area contributed by atoms with Crippen LogP contribution in [0, 0.1) is 0 Å². The Morgan fingerprint density at radius 3 is 2.71 bits per heavy atom. The molecule has 7 heteroatoms. The quantitative estimate of drug-likeness (QED) is 0.556. The third kappa shape index (κ3) is 2.73. The zero-order valence-electron chi connectivity index (χ0n) is 14.4. The Balaban J connectivity index is 1.70. The third-order valence-corrected chi connectivity index (χ3v) is 5.52. The van der Waals surface area contributed by atoms with Gasteiger partial charge in [-0.15, -0.1) is 11.3 Å². The topological polar surface area (TPSA) is 77.8 Å². The minimum absolute atomic E-state index is 0.144. The molecule has 0 aliphatic carbocycles. The van der Waals surface area contributed by atoms with E-state index in [1.807, 2.05) is 18.2 Å². The fourth-order valence-electron chi connectivity index (χ4n) is 3.12. The van der Waals surface area contributed by atoms with E-state index in [0.717, 1.165) is 4.70 Å². The zero-order valence-corrected chi connectivity index (χ0v) is 15.2. The van der Waals surface area contributed by atoms with Crippen LogP contribution < -0.4 is 20.2 Å². The highest BCUT2D eigenvalue weighted by Gasteiger charge is 2.21.